The standard InChI is InChI=1S/C16H23N3O5S2/c1-12(2)18-19(15-8-9-25(21,22)11-15)26(23,24)16-6-4-14(5-7-16)10-17-13(3)20/h4-7,15H,8-11H2,1-3H3,(H,17,20)/t15-/m0/s1. The molecule has 1 N–H and O–H groups in total. The van der Waals surface area contributed by atoms with Crippen LogP contribution in [0.25, 0.3) is 0 Å². The van der Waals surface area contributed by atoms with Crippen LogP contribution in [0, 0.1) is 0 Å². The third-order valence-electron chi connectivity index (χ3n) is 3.83. The maximum Gasteiger partial charge on any atom is 0.279 e. The van der Waals surface area contributed by atoms with Gasteiger partial charge in [-0.15, -0.1) is 0 Å². The summed E-state index contributed by atoms with van der Waals surface area (Å²) < 4.78 is 50.4. The van der Waals surface area contributed by atoms with Crippen LogP contribution in [0.2, 0.25) is 0 Å². The van der Waals surface area contributed by atoms with Crippen LogP contribution in [0.5, 0.6) is 0 Å². The molecule has 1 aromatic rings. The minimum atomic E-state index is -3.98. The van der Waals surface area contributed by atoms with Crippen LogP contribution >= 0.6 is 0 Å². The Morgan fingerprint density at radius 1 is 1.23 bits per heavy atom. The molecule has 1 aliphatic heterocycles. The maximum absolute atomic E-state index is 13.0. The molecule has 1 fully saturated rings. The summed E-state index contributed by atoms with van der Waals surface area (Å²) in [5, 5.41) is 6.73. The van der Waals surface area contributed by atoms with Gasteiger partial charge in [-0.3, -0.25) is 4.79 Å². The number of sulfone groups is 1. The Balaban J connectivity index is 2.32. The van der Waals surface area contributed by atoms with Crippen LogP contribution in [0.15, 0.2) is 34.3 Å². The molecule has 8 nitrogen and oxygen atoms in total. The first kappa shape index (κ1) is 20.4. The smallest absolute Gasteiger partial charge is 0.279 e. The molecular weight excluding hydrogens is 378 g/mol. The van der Waals surface area contributed by atoms with Crippen molar-refractivity contribution in [3.63, 3.8) is 0 Å². The number of amides is 1. The summed E-state index contributed by atoms with van der Waals surface area (Å²) in [6, 6.07) is 5.37. The van der Waals surface area contributed by atoms with Crippen LogP contribution in [-0.4, -0.2) is 50.4 Å². The molecule has 1 aliphatic rings. The van der Waals surface area contributed by atoms with Gasteiger partial charge in [0.2, 0.25) is 5.91 Å². The molecule has 144 valence electrons. The largest absolute Gasteiger partial charge is 0.352 e. The SMILES string of the molecule is CC(=O)NCc1ccc(S(=O)(=O)N(N=C(C)C)[C@H]2CCS(=O)(=O)C2)cc1. The van der Waals surface area contributed by atoms with E-state index in [0.29, 0.717) is 12.3 Å². The first-order chi connectivity index (χ1) is 12.0. The molecule has 0 bridgehead atoms. The summed E-state index contributed by atoms with van der Waals surface area (Å²) in [7, 11) is -7.24. The molecule has 0 radical (unpaired) electrons. The van der Waals surface area contributed by atoms with Crippen LogP contribution in [0.4, 0.5) is 0 Å². The summed E-state index contributed by atoms with van der Waals surface area (Å²) in [6.45, 7) is 5.01. The number of rotatable bonds is 6. The predicted octanol–water partition coefficient (Wildman–Crippen LogP) is 0.896. The number of sulfonamides is 1. The van der Waals surface area contributed by atoms with Gasteiger partial charge in [0, 0.05) is 19.2 Å². The zero-order valence-electron chi connectivity index (χ0n) is 15.0. The summed E-state index contributed by atoms with van der Waals surface area (Å²) >= 11 is 0. The van der Waals surface area contributed by atoms with Crippen molar-refractivity contribution in [3.8, 4) is 0 Å². The van der Waals surface area contributed by atoms with E-state index in [1.54, 1.807) is 26.0 Å². The maximum atomic E-state index is 13.0. The Labute approximate surface area is 154 Å². The fourth-order valence-corrected chi connectivity index (χ4v) is 5.92. The van der Waals surface area contributed by atoms with E-state index in [1.807, 2.05) is 0 Å². The Kier molecular flexibility index (Phi) is 6.07. The van der Waals surface area contributed by atoms with E-state index >= 15 is 0 Å². The third kappa shape index (κ3) is 5.04. The van der Waals surface area contributed by atoms with E-state index in [9.17, 15) is 21.6 Å². The van der Waals surface area contributed by atoms with Gasteiger partial charge in [-0.1, -0.05) is 12.1 Å². The molecule has 0 saturated carbocycles. The predicted molar refractivity (Wildman–Crippen MR) is 98.8 cm³/mol. The number of nitrogens with zero attached hydrogens (tertiary/aromatic N) is 2. The summed E-state index contributed by atoms with van der Waals surface area (Å²) in [4.78, 5) is 11.0. The van der Waals surface area contributed by atoms with Gasteiger partial charge in [0.15, 0.2) is 9.84 Å². The van der Waals surface area contributed by atoms with Crippen molar-refractivity contribution in [1.29, 1.82) is 0 Å². The first-order valence-corrected chi connectivity index (χ1v) is 11.4. The molecule has 2 rings (SSSR count). The molecule has 1 atom stereocenters. The Morgan fingerprint density at radius 3 is 2.31 bits per heavy atom. The molecule has 0 spiro atoms. The molecule has 1 saturated heterocycles. The van der Waals surface area contributed by atoms with E-state index in [2.05, 4.69) is 10.4 Å². The van der Waals surface area contributed by atoms with Crippen LogP contribution in [0.3, 0.4) is 0 Å². The van der Waals surface area contributed by atoms with E-state index in [4.69, 9.17) is 0 Å². The highest BCUT2D eigenvalue weighted by molar-refractivity contribution is 7.92. The Morgan fingerprint density at radius 2 is 1.85 bits per heavy atom. The molecule has 1 amide bonds. The lowest BCUT2D eigenvalue weighted by molar-refractivity contribution is -0.119. The lowest BCUT2D eigenvalue weighted by Gasteiger charge is -2.25. The van der Waals surface area contributed by atoms with Crippen molar-refractivity contribution in [2.24, 2.45) is 5.10 Å². The molecule has 10 heteroatoms. The van der Waals surface area contributed by atoms with Crippen molar-refractivity contribution in [2.45, 2.75) is 44.7 Å². The van der Waals surface area contributed by atoms with Gasteiger partial charge >= 0.3 is 0 Å². The summed E-state index contributed by atoms with van der Waals surface area (Å²) in [6.07, 6.45) is 0.221. The number of carbonyl (C=O) groups excluding carboxylic acids is 1. The van der Waals surface area contributed by atoms with E-state index in [1.165, 1.54) is 19.1 Å². The second-order valence-corrected chi connectivity index (χ2v) is 10.5. The highest BCUT2D eigenvalue weighted by Crippen LogP contribution is 2.26. The van der Waals surface area contributed by atoms with Crippen LogP contribution in [-0.2, 0) is 31.2 Å². The van der Waals surface area contributed by atoms with Gasteiger partial charge in [0.05, 0.1) is 22.4 Å². The Hall–Kier alpha value is -1.94. The molecular formula is C16H23N3O5S2. The quantitative estimate of drug-likeness (QED) is 0.562. The summed E-state index contributed by atoms with van der Waals surface area (Å²) in [5.41, 5.74) is 1.27. The van der Waals surface area contributed by atoms with Gasteiger partial charge in [0.25, 0.3) is 10.0 Å². The van der Waals surface area contributed by atoms with Crippen molar-refractivity contribution in [2.75, 3.05) is 11.5 Å². The van der Waals surface area contributed by atoms with Gasteiger partial charge in [0.1, 0.15) is 0 Å². The van der Waals surface area contributed by atoms with E-state index in [0.717, 1.165) is 9.98 Å². The first-order valence-electron chi connectivity index (χ1n) is 8.11. The third-order valence-corrected chi connectivity index (χ3v) is 7.32. The highest BCUT2D eigenvalue weighted by atomic mass is 32.2. The molecule has 26 heavy (non-hydrogen) atoms. The second kappa shape index (κ2) is 7.75. The van der Waals surface area contributed by atoms with Gasteiger partial charge in [-0.25, -0.2) is 8.42 Å². The molecule has 0 unspecified atom stereocenters. The number of hydrogen-bond acceptors (Lipinski definition) is 6. The molecule has 0 aromatic heterocycles. The molecule has 0 aliphatic carbocycles. The summed E-state index contributed by atoms with van der Waals surface area (Å²) in [5.74, 6) is -0.454. The van der Waals surface area contributed by atoms with Gasteiger partial charge < -0.3 is 5.32 Å². The van der Waals surface area contributed by atoms with E-state index in [-0.39, 0.29) is 28.7 Å². The molecule has 1 heterocycles. The number of hydrogen-bond donors (Lipinski definition) is 1. The fraction of sp³-hybridized carbons (Fsp3) is 0.500. The Bertz CT molecular complexity index is 902. The van der Waals surface area contributed by atoms with Crippen LogP contribution in [0.1, 0.15) is 32.8 Å². The van der Waals surface area contributed by atoms with Crippen LogP contribution < -0.4 is 5.32 Å². The number of benzene rings is 1. The average molecular weight is 402 g/mol. The second-order valence-electron chi connectivity index (χ2n) is 6.44. The van der Waals surface area contributed by atoms with Crippen molar-refractivity contribution < 1.29 is 21.6 Å². The molecule has 1 aromatic carbocycles. The minimum Gasteiger partial charge on any atom is -0.352 e. The van der Waals surface area contributed by atoms with E-state index < -0.39 is 25.9 Å². The van der Waals surface area contributed by atoms with Gasteiger partial charge in [-0.2, -0.15) is 17.9 Å². The topological polar surface area (TPSA) is 113 Å². The minimum absolute atomic E-state index is 0.0263. The monoisotopic (exact) mass is 401 g/mol. The lowest BCUT2D eigenvalue weighted by Crippen LogP contribution is -2.37. The van der Waals surface area contributed by atoms with Crippen molar-refractivity contribution >= 4 is 31.5 Å². The number of carbonyl (C=O) groups is 1. The fourth-order valence-electron chi connectivity index (χ4n) is 2.59. The van der Waals surface area contributed by atoms with Crippen molar-refractivity contribution in [3.05, 3.63) is 29.8 Å². The van der Waals surface area contributed by atoms with Crippen molar-refractivity contribution in [1.82, 2.24) is 9.73 Å². The zero-order valence-corrected chi connectivity index (χ0v) is 16.6. The van der Waals surface area contributed by atoms with Gasteiger partial charge in [-0.05, 0) is 38.0 Å². The highest BCUT2D eigenvalue weighted by Gasteiger charge is 2.38. The average Bonchev–Trinajstić information content (AvgIpc) is 2.90. The number of hydrazone groups is 1. The number of nitrogens with one attached hydrogen (secondary N) is 1. The normalized spacial score (nSPS) is 19.0. The zero-order chi connectivity index (χ0) is 19.5. The lowest BCUT2D eigenvalue weighted by atomic mass is 10.2.